The first kappa shape index (κ1) is 21.1. The summed E-state index contributed by atoms with van der Waals surface area (Å²) in [5.41, 5.74) is 0.722. The molecule has 2 atom stereocenters. The second-order valence-electron chi connectivity index (χ2n) is 6.54. The summed E-state index contributed by atoms with van der Waals surface area (Å²) in [4.78, 5) is 38.2. The van der Waals surface area contributed by atoms with Crippen molar-refractivity contribution in [2.75, 3.05) is 11.5 Å². The molecule has 1 saturated heterocycles. The van der Waals surface area contributed by atoms with E-state index in [1.807, 2.05) is 20.8 Å². The number of hydrogen-bond donors (Lipinski definition) is 2. The van der Waals surface area contributed by atoms with Gasteiger partial charge < -0.3 is 10.4 Å². The van der Waals surface area contributed by atoms with Crippen LogP contribution in [0.2, 0.25) is 0 Å². The summed E-state index contributed by atoms with van der Waals surface area (Å²) in [5, 5.41) is 21.0. The van der Waals surface area contributed by atoms with Crippen LogP contribution in [0.4, 0.5) is 0 Å². The van der Waals surface area contributed by atoms with Crippen LogP contribution in [0.5, 0.6) is 0 Å². The Kier molecular flexibility index (Phi) is 6.66. The lowest BCUT2D eigenvalue weighted by Gasteiger charge is -2.49. The molecular formula is C17H22N4O4S3. The van der Waals surface area contributed by atoms with Gasteiger partial charge in [0.05, 0.1) is 0 Å². The van der Waals surface area contributed by atoms with E-state index in [2.05, 4.69) is 15.5 Å². The Morgan fingerprint density at radius 3 is 2.64 bits per heavy atom. The largest absolute Gasteiger partial charge is 0.477 e. The van der Waals surface area contributed by atoms with E-state index in [4.69, 9.17) is 0 Å². The fourth-order valence-electron chi connectivity index (χ4n) is 3.21. The Hall–Kier alpha value is -1.59. The predicted octanol–water partition coefficient (Wildman–Crippen LogP) is 2.11. The molecule has 2 N–H and O–H groups in total. The first-order valence-corrected chi connectivity index (χ1v) is 11.9. The molecular weight excluding hydrogens is 420 g/mol. The van der Waals surface area contributed by atoms with Crippen LogP contribution in [0.1, 0.15) is 31.7 Å². The maximum Gasteiger partial charge on any atom is 0.352 e. The van der Waals surface area contributed by atoms with Crippen LogP contribution in [0, 0.1) is 12.8 Å². The highest BCUT2D eigenvalue weighted by atomic mass is 32.2. The molecule has 2 amide bonds. The molecule has 152 valence electrons. The molecule has 0 aliphatic carbocycles. The lowest BCUT2D eigenvalue weighted by Crippen LogP contribution is -2.71. The van der Waals surface area contributed by atoms with Gasteiger partial charge in [0.25, 0.3) is 5.91 Å². The van der Waals surface area contributed by atoms with Crippen LogP contribution in [0.25, 0.3) is 0 Å². The Morgan fingerprint density at radius 1 is 1.36 bits per heavy atom. The van der Waals surface area contributed by atoms with Gasteiger partial charge in [-0.2, -0.15) is 0 Å². The Labute approximate surface area is 175 Å². The van der Waals surface area contributed by atoms with Gasteiger partial charge in [-0.05, 0) is 25.3 Å². The topological polar surface area (TPSA) is 112 Å². The van der Waals surface area contributed by atoms with Gasteiger partial charge in [-0.15, -0.1) is 22.0 Å². The van der Waals surface area contributed by atoms with E-state index in [-0.39, 0.29) is 28.8 Å². The Morgan fingerprint density at radius 2 is 2.07 bits per heavy atom. The minimum Gasteiger partial charge on any atom is -0.477 e. The Balaban J connectivity index is 1.72. The van der Waals surface area contributed by atoms with E-state index < -0.39 is 12.0 Å². The number of carboxylic acid groups (broad SMARTS) is 1. The third-order valence-electron chi connectivity index (χ3n) is 4.78. The van der Waals surface area contributed by atoms with Crippen molar-refractivity contribution in [1.82, 2.24) is 20.4 Å². The van der Waals surface area contributed by atoms with E-state index in [9.17, 15) is 19.5 Å². The molecule has 0 unspecified atom stereocenters. The average molecular weight is 443 g/mol. The number of aromatic nitrogens is 2. The molecule has 1 aromatic rings. The second kappa shape index (κ2) is 8.83. The zero-order valence-electron chi connectivity index (χ0n) is 15.8. The molecule has 0 saturated carbocycles. The number of rotatable bonds is 8. The predicted molar refractivity (Wildman–Crippen MR) is 109 cm³/mol. The van der Waals surface area contributed by atoms with Crippen LogP contribution in [0.15, 0.2) is 15.6 Å². The van der Waals surface area contributed by atoms with Crippen LogP contribution in [-0.2, 0) is 14.4 Å². The number of carbonyl (C=O) groups is 3. The molecule has 2 aliphatic heterocycles. The summed E-state index contributed by atoms with van der Waals surface area (Å²) in [6, 6.07) is -0.660. The van der Waals surface area contributed by atoms with E-state index in [0.29, 0.717) is 29.9 Å². The van der Waals surface area contributed by atoms with Crippen molar-refractivity contribution in [3.05, 3.63) is 16.3 Å². The molecule has 3 heterocycles. The van der Waals surface area contributed by atoms with Gasteiger partial charge in [0, 0.05) is 17.4 Å². The number of aliphatic carboxylic acids is 1. The van der Waals surface area contributed by atoms with Gasteiger partial charge in [-0.3, -0.25) is 14.5 Å². The molecule has 8 nitrogen and oxygen atoms in total. The highest BCUT2D eigenvalue weighted by molar-refractivity contribution is 8.01. The third-order valence-corrected chi connectivity index (χ3v) is 8.18. The number of carbonyl (C=O) groups excluding carboxylic acids is 2. The molecule has 0 bridgehead atoms. The van der Waals surface area contributed by atoms with Gasteiger partial charge in [0.2, 0.25) is 5.91 Å². The average Bonchev–Trinajstić information content (AvgIpc) is 3.09. The van der Waals surface area contributed by atoms with E-state index in [1.54, 1.807) is 0 Å². The third kappa shape index (κ3) is 4.06. The first-order valence-electron chi connectivity index (χ1n) is 9.00. The monoisotopic (exact) mass is 442 g/mol. The maximum absolute atomic E-state index is 12.6. The van der Waals surface area contributed by atoms with Crippen LogP contribution in [-0.4, -0.2) is 60.9 Å². The van der Waals surface area contributed by atoms with Crippen LogP contribution in [0.3, 0.4) is 0 Å². The van der Waals surface area contributed by atoms with Crippen molar-refractivity contribution < 1.29 is 19.5 Å². The van der Waals surface area contributed by atoms with Crippen molar-refractivity contribution in [3.8, 4) is 0 Å². The number of hydrogen-bond acceptors (Lipinski definition) is 8. The van der Waals surface area contributed by atoms with Crippen molar-refractivity contribution in [3.63, 3.8) is 0 Å². The quantitative estimate of drug-likeness (QED) is 0.465. The number of nitrogens with one attached hydrogen (secondary N) is 1. The number of carboxylic acids is 1. The van der Waals surface area contributed by atoms with Gasteiger partial charge >= 0.3 is 5.97 Å². The number of amides is 2. The van der Waals surface area contributed by atoms with Crippen molar-refractivity contribution >= 4 is 52.6 Å². The minimum atomic E-state index is -1.12. The Bertz CT molecular complexity index is 821. The van der Waals surface area contributed by atoms with Crippen molar-refractivity contribution in [2.24, 2.45) is 5.92 Å². The highest BCUT2D eigenvalue weighted by Gasteiger charge is 2.54. The molecule has 0 radical (unpaired) electrons. The van der Waals surface area contributed by atoms with Crippen molar-refractivity contribution in [2.45, 2.75) is 49.4 Å². The van der Waals surface area contributed by atoms with E-state index in [1.165, 1.54) is 39.8 Å². The zero-order valence-corrected chi connectivity index (χ0v) is 18.2. The number of fused-ring (bicyclic) bond motifs is 1. The smallest absolute Gasteiger partial charge is 0.352 e. The first-order chi connectivity index (χ1) is 13.4. The summed E-state index contributed by atoms with van der Waals surface area (Å²) >= 11 is 4.36. The second-order valence-corrected chi connectivity index (χ2v) is 10.1. The summed E-state index contributed by atoms with van der Waals surface area (Å²) in [6.45, 7) is 5.74. The normalized spacial score (nSPS) is 21.6. The van der Waals surface area contributed by atoms with Gasteiger partial charge in [-0.25, -0.2) is 4.79 Å². The molecule has 2 aliphatic rings. The summed E-state index contributed by atoms with van der Waals surface area (Å²) in [6.07, 6.45) is 1.41. The van der Waals surface area contributed by atoms with Crippen LogP contribution >= 0.6 is 34.9 Å². The minimum absolute atomic E-state index is 0.0375. The number of aryl methyl sites for hydroxylation is 1. The zero-order chi connectivity index (χ0) is 20.4. The number of β-lactam (4-membered cyclic amide) rings is 1. The molecule has 11 heteroatoms. The number of nitrogens with zero attached hydrogens (tertiary/aromatic N) is 3. The standard InChI is InChI=1S/C17H22N4O4S3/c1-4-9(5-2)13(22)18-11-14(23)21-12(16(24)25)10(6-26-15(11)21)7-27-17-20-19-8(3)28-17/h9,11,15H,4-7H2,1-3H3,(H,18,22)(H,24,25)/t11-,15-/m1/s1. The molecule has 3 rings (SSSR count). The lowest BCUT2D eigenvalue weighted by molar-refractivity contribution is -0.151. The number of thioether (sulfide) groups is 2. The SMILES string of the molecule is CCC(CC)C(=O)N[C@@H]1C(=O)N2C(C(=O)O)=C(CSc3nnc(C)s3)CS[C@H]12. The van der Waals surface area contributed by atoms with E-state index in [0.717, 1.165) is 9.35 Å². The molecule has 1 aromatic heterocycles. The van der Waals surface area contributed by atoms with Gasteiger partial charge in [0.1, 0.15) is 22.1 Å². The van der Waals surface area contributed by atoms with E-state index >= 15 is 0 Å². The maximum atomic E-state index is 12.6. The molecule has 1 fully saturated rings. The van der Waals surface area contributed by atoms with Crippen LogP contribution < -0.4 is 5.32 Å². The lowest BCUT2D eigenvalue weighted by atomic mass is 9.99. The summed E-state index contributed by atoms with van der Waals surface area (Å²) in [5.74, 6) is -0.816. The molecule has 0 aromatic carbocycles. The molecule has 0 spiro atoms. The highest BCUT2D eigenvalue weighted by Crippen LogP contribution is 2.41. The summed E-state index contributed by atoms with van der Waals surface area (Å²) < 4.78 is 0.770. The fraction of sp³-hybridized carbons (Fsp3) is 0.588. The van der Waals surface area contributed by atoms with Gasteiger partial charge in [0.15, 0.2) is 4.34 Å². The summed E-state index contributed by atoms with van der Waals surface area (Å²) in [7, 11) is 0. The van der Waals surface area contributed by atoms with Crippen molar-refractivity contribution in [1.29, 1.82) is 0 Å². The van der Waals surface area contributed by atoms with Gasteiger partial charge in [-0.1, -0.05) is 36.9 Å². The fourth-order valence-corrected chi connectivity index (χ4v) is 6.51. The molecule has 28 heavy (non-hydrogen) atoms.